The molecule has 0 aliphatic rings. The van der Waals surface area contributed by atoms with Crippen LogP contribution in [0.25, 0.3) is 11.4 Å². The van der Waals surface area contributed by atoms with Crippen LogP contribution in [0.2, 0.25) is 0 Å². The first-order valence-corrected chi connectivity index (χ1v) is 4.20. The monoisotopic (exact) mass is 209 g/mol. The molecule has 5 nitrogen and oxygen atoms in total. The van der Waals surface area contributed by atoms with Gasteiger partial charge in [0.2, 0.25) is 5.82 Å². The Labute approximate surface area is 84.6 Å². The molecule has 1 heterocycles. The van der Waals surface area contributed by atoms with E-state index >= 15 is 0 Å². The van der Waals surface area contributed by atoms with Crippen molar-refractivity contribution in [2.45, 2.75) is 6.61 Å². The van der Waals surface area contributed by atoms with Gasteiger partial charge in [-0.3, -0.25) is 4.84 Å². The maximum Gasteiger partial charge on any atom is 0.255 e. The minimum Gasteiger partial charge on any atom is -0.336 e. The zero-order valence-electron chi connectivity index (χ0n) is 7.68. The van der Waals surface area contributed by atoms with Gasteiger partial charge >= 0.3 is 0 Å². The van der Waals surface area contributed by atoms with E-state index in [0.717, 1.165) is 0 Å². The van der Waals surface area contributed by atoms with Crippen molar-refractivity contribution in [1.82, 2.24) is 10.1 Å². The zero-order chi connectivity index (χ0) is 10.7. The van der Waals surface area contributed by atoms with Gasteiger partial charge in [0.25, 0.3) is 5.89 Å². The Kier molecular flexibility index (Phi) is 2.70. The van der Waals surface area contributed by atoms with E-state index in [1.165, 1.54) is 12.1 Å². The molecule has 0 amide bonds. The Bertz CT molecular complexity index is 458. The summed E-state index contributed by atoms with van der Waals surface area (Å²) in [7, 11) is 0. The average molecular weight is 209 g/mol. The fourth-order valence-electron chi connectivity index (χ4n) is 1.13. The van der Waals surface area contributed by atoms with Crippen LogP contribution in [0, 0.1) is 5.82 Å². The van der Waals surface area contributed by atoms with E-state index in [1.54, 1.807) is 12.1 Å². The van der Waals surface area contributed by atoms with Gasteiger partial charge in [-0.25, -0.2) is 10.3 Å². The van der Waals surface area contributed by atoms with E-state index in [2.05, 4.69) is 15.0 Å². The van der Waals surface area contributed by atoms with Gasteiger partial charge < -0.3 is 4.52 Å². The molecule has 0 aliphatic carbocycles. The summed E-state index contributed by atoms with van der Waals surface area (Å²) < 4.78 is 17.7. The summed E-state index contributed by atoms with van der Waals surface area (Å²) in [6, 6.07) is 5.91. The van der Waals surface area contributed by atoms with Gasteiger partial charge in [-0.05, 0) is 12.1 Å². The molecule has 2 rings (SSSR count). The summed E-state index contributed by atoms with van der Waals surface area (Å²) in [4.78, 5) is 8.29. The van der Waals surface area contributed by atoms with Crippen molar-refractivity contribution >= 4 is 0 Å². The van der Waals surface area contributed by atoms with Gasteiger partial charge in [-0.1, -0.05) is 17.3 Å². The van der Waals surface area contributed by atoms with Crippen molar-refractivity contribution in [3.8, 4) is 11.4 Å². The van der Waals surface area contributed by atoms with Crippen molar-refractivity contribution in [3.63, 3.8) is 0 Å². The standard InChI is InChI=1S/C9H8FN3O2/c10-7-3-1-2-6(4-7)9-12-8(5-14-11)15-13-9/h1-4H,5,11H2. The van der Waals surface area contributed by atoms with Gasteiger partial charge in [-0.2, -0.15) is 4.98 Å². The molecule has 0 atom stereocenters. The van der Waals surface area contributed by atoms with Gasteiger partial charge in [-0.15, -0.1) is 0 Å². The minimum atomic E-state index is -0.353. The molecule has 0 fully saturated rings. The summed E-state index contributed by atoms with van der Waals surface area (Å²) >= 11 is 0. The number of rotatable bonds is 3. The summed E-state index contributed by atoms with van der Waals surface area (Å²) in [5.74, 6) is 5.05. The van der Waals surface area contributed by atoms with Crippen LogP contribution in [-0.2, 0) is 11.4 Å². The molecule has 2 N–H and O–H groups in total. The SMILES string of the molecule is NOCc1nc(-c2cccc(F)c2)no1. The Morgan fingerprint density at radius 3 is 3.07 bits per heavy atom. The van der Waals surface area contributed by atoms with Crippen molar-refractivity contribution < 1.29 is 13.8 Å². The van der Waals surface area contributed by atoms with E-state index in [-0.39, 0.29) is 18.3 Å². The van der Waals surface area contributed by atoms with E-state index < -0.39 is 0 Å². The van der Waals surface area contributed by atoms with Crippen LogP contribution >= 0.6 is 0 Å². The number of hydrogen-bond donors (Lipinski definition) is 1. The highest BCUT2D eigenvalue weighted by atomic mass is 19.1. The first-order valence-electron chi connectivity index (χ1n) is 4.20. The van der Waals surface area contributed by atoms with Crippen molar-refractivity contribution in [1.29, 1.82) is 0 Å². The van der Waals surface area contributed by atoms with Gasteiger partial charge in [0.15, 0.2) is 0 Å². The molecule has 1 aromatic heterocycles. The molecule has 0 saturated heterocycles. The van der Waals surface area contributed by atoms with Gasteiger partial charge in [0.05, 0.1) is 0 Å². The number of hydrogen-bond acceptors (Lipinski definition) is 5. The molecule has 15 heavy (non-hydrogen) atoms. The summed E-state index contributed by atoms with van der Waals surface area (Å²) in [5.41, 5.74) is 0.544. The van der Waals surface area contributed by atoms with E-state index in [9.17, 15) is 4.39 Å². The van der Waals surface area contributed by atoms with Crippen LogP contribution in [0.1, 0.15) is 5.89 Å². The minimum absolute atomic E-state index is 0.0301. The Balaban J connectivity index is 2.29. The molecule has 0 radical (unpaired) electrons. The third-order valence-electron chi connectivity index (χ3n) is 1.76. The fourth-order valence-corrected chi connectivity index (χ4v) is 1.13. The number of aromatic nitrogens is 2. The van der Waals surface area contributed by atoms with Crippen LogP contribution in [0.5, 0.6) is 0 Å². The number of nitrogens with two attached hydrogens (primary N) is 1. The number of halogens is 1. The lowest BCUT2D eigenvalue weighted by molar-refractivity contribution is 0.0996. The van der Waals surface area contributed by atoms with Crippen LogP contribution < -0.4 is 5.90 Å². The van der Waals surface area contributed by atoms with Gasteiger partial charge in [0, 0.05) is 5.56 Å². The quantitative estimate of drug-likeness (QED) is 0.770. The molecule has 0 unspecified atom stereocenters. The normalized spacial score (nSPS) is 10.5. The molecule has 0 bridgehead atoms. The topological polar surface area (TPSA) is 74.2 Å². The smallest absolute Gasteiger partial charge is 0.255 e. The molecular weight excluding hydrogens is 201 g/mol. The highest BCUT2D eigenvalue weighted by molar-refractivity contribution is 5.53. The lowest BCUT2D eigenvalue weighted by Crippen LogP contribution is -1.98. The van der Waals surface area contributed by atoms with E-state index in [4.69, 9.17) is 10.4 Å². The Morgan fingerprint density at radius 1 is 1.47 bits per heavy atom. The molecule has 0 aliphatic heterocycles. The van der Waals surface area contributed by atoms with E-state index in [0.29, 0.717) is 11.4 Å². The molecule has 78 valence electrons. The van der Waals surface area contributed by atoms with Crippen LogP contribution in [-0.4, -0.2) is 10.1 Å². The second kappa shape index (κ2) is 4.16. The molecule has 6 heteroatoms. The first-order chi connectivity index (χ1) is 7.29. The third-order valence-corrected chi connectivity index (χ3v) is 1.76. The maximum atomic E-state index is 12.9. The second-order valence-corrected chi connectivity index (χ2v) is 2.83. The highest BCUT2D eigenvalue weighted by Crippen LogP contribution is 2.16. The Hall–Kier alpha value is -1.79. The van der Waals surface area contributed by atoms with Crippen LogP contribution in [0.3, 0.4) is 0 Å². The zero-order valence-corrected chi connectivity index (χ0v) is 7.68. The first kappa shape index (κ1) is 9.75. The van der Waals surface area contributed by atoms with E-state index in [1.807, 2.05) is 0 Å². The lowest BCUT2D eigenvalue weighted by atomic mass is 10.2. The lowest BCUT2D eigenvalue weighted by Gasteiger charge is -1.92. The molecule has 0 spiro atoms. The summed E-state index contributed by atoms with van der Waals surface area (Å²) in [5, 5.41) is 3.66. The largest absolute Gasteiger partial charge is 0.336 e. The Morgan fingerprint density at radius 2 is 2.33 bits per heavy atom. The van der Waals surface area contributed by atoms with Crippen molar-refractivity contribution in [3.05, 3.63) is 36.0 Å². The highest BCUT2D eigenvalue weighted by Gasteiger charge is 2.08. The predicted molar refractivity (Wildman–Crippen MR) is 48.7 cm³/mol. The summed E-state index contributed by atoms with van der Waals surface area (Å²) in [6.45, 7) is 0.0301. The maximum absolute atomic E-state index is 12.9. The molecule has 0 saturated carbocycles. The molecular formula is C9H8FN3O2. The fraction of sp³-hybridized carbons (Fsp3) is 0.111. The van der Waals surface area contributed by atoms with Crippen molar-refractivity contribution in [2.24, 2.45) is 5.90 Å². The molecule has 1 aromatic carbocycles. The second-order valence-electron chi connectivity index (χ2n) is 2.83. The van der Waals surface area contributed by atoms with Crippen LogP contribution in [0.4, 0.5) is 4.39 Å². The average Bonchev–Trinajstić information content (AvgIpc) is 2.67. The number of benzene rings is 1. The number of nitrogens with zero attached hydrogens (tertiary/aromatic N) is 2. The summed E-state index contributed by atoms with van der Waals surface area (Å²) in [6.07, 6.45) is 0. The van der Waals surface area contributed by atoms with Gasteiger partial charge in [0.1, 0.15) is 12.4 Å². The van der Waals surface area contributed by atoms with Crippen molar-refractivity contribution in [2.75, 3.05) is 0 Å². The predicted octanol–water partition coefficient (Wildman–Crippen LogP) is 1.27. The third kappa shape index (κ3) is 2.17. The molecule has 2 aromatic rings. The van der Waals surface area contributed by atoms with Crippen LogP contribution in [0.15, 0.2) is 28.8 Å².